The molecular formula is C12H14O4. The first-order valence-corrected chi connectivity index (χ1v) is 5.12. The number of aliphatic hydroxyl groups is 1. The molecule has 0 fully saturated rings. The number of rotatable bonds is 5. The third kappa shape index (κ3) is 4.13. The number of carbonyl (C=O) groups excluding carboxylic acids is 1. The van der Waals surface area contributed by atoms with E-state index < -0.39 is 5.97 Å². The monoisotopic (exact) mass is 222 g/mol. The van der Waals surface area contributed by atoms with Crippen LogP contribution in [0, 0.1) is 0 Å². The number of carbonyl (C=O) groups is 2. The number of hydrogen-bond donors (Lipinski definition) is 2. The van der Waals surface area contributed by atoms with Crippen LogP contribution in [0.1, 0.15) is 25.7 Å². The van der Waals surface area contributed by atoms with Gasteiger partial charge in [-0.2, -0.15) is 0 Å². The van der Waals surface area contributed by atoms with Crippen LogP contribution >= 0.6 is 0 Å². The summed E-state index contributed by atoms with van der Waals surface area (Å²) in [6.45, 7) is 0. The molecule has 0 unspecified atom stereocenters. The summed E-state index contributed by atoms with van der Waals surface area (Å²) in [5.74, 6) is -1.00. The maximum Gasteiger partial charge on any atom is 0.327 e. The third-order valence-corrected chi connectivity index (χ3v) is 2.25. The van der Waals surface area contributed by atoms with Crippen molar-refractivity contribution in [1.29, 1.82) is 0 Å². The standard InChI is InChI=1S/C12H14O4/c13-10-7-6-9(11(14)8-10)4-2-1-3-5-12(15)16/h3,5-6,8,14H,1-2,4,7H2,(H,15,16). The summed E-state index contributed by atoms with van der Waals surface area (Å²) in [6, 6.07) is 0. The number of aliphatic hydroxyl groups excluding tert-OH is 1. The molecule has 0 heterocycles. The van der Waals surface area contributed by atoms with Gasteiger partial charge in [0, 0.05) is 18.6 Å². The van der Waals surface area contributed by atoms with Crippen molar-refractivity contribution in [2.45, 2.75) is 25.7 Å². The van der Waals surface area contributed by atoms with Crippen LogP contribution in [0.5, 0.6) is 0 Å². The average molecular weight is 222 g/mol. The second kappa shape index (κ2) is 5.90. The van der Waals surface area contributed by atoms with Gasteiger partial charge in [0.05, 0.1) is 0 Å². The van der Waals surface area contributed by atoms with Crippen molar-refractivity contribution in [2.75, 3.05) is 0 Å². The second-order valence-corrected chi connectivity index (χ2v) is 3.56. The minimum absolute atomic E-state index is 0.0402. The summed E-state index contributed by atoms with van der Waals surface area (Å²) in [6.07, 6.45) is 8.03. The highest BCUT2D eigenvalue weighted by Crippen LogP contribution is 2.20. The van der Waals surface area contributed by atoms with E-state index in [1.807, 2.05) is 0 Å². The second-order valence-electron chi connectivity index (χ2n) is 3.56. The molecule has 0 radical (unpaired) electrons. The zero-order valence-corrected chi connectivity index (χ0v) is 8.85. The number of allylic oxidation sites excluding steroid dienone is 4. The van der Waals surface area contributed by atoms with Crippen LogP contribution in [-0.4, -0.2) is 22.0 Å². The lowest BCUT2D eigenvalue weighted by molar-refractivity contribution is -0.131. The highest BCUT2D eigenvalue weighted by Gasteiger charge is 2.11. The Balaban J connectivity index is 2.31. The Hall–Kier alpha value is -1.84. The van der Waals surface area contributed by atoms with E-state index in [1.165, 1.54) is 6.08 Å². The molecule has 0 saturated heterocycles. The van der Waals surface area contributed by atoms with Crippen LogP contribution < -0.4 is 0 Å². The lowest BCUT2D eigenvalue weighted by Gasteiger charge is -2.09. The van der Waals surface area contributed by atoms with Crippen molar-refractivity contribution in [3.8, 4) is 0 Å². The molecule has 86 valence electrons. The van der Waals surface area contributed by atoms with Gasteiger partial charge in [0.1, 0.15) is 5.76 Å². The first-order chi connectivity index (χ1) is 7.59. The normalized spacial score (nSPS) is 16.1. The Bertz CT molecular complexity index is 374. The first-order valence-electron chi connectivity index (χ1n) is 5.12. The molecule has 0 aromatic heterocycles. The van der Waals surface area contributed by atoms with Crippen molar-refractivity contribution in [3.63, 3.8) is 0 Å². The van der Waals surface area contributed by atoms with Gasteiger partial charge < -0.3 is 10.2 Å². The van der Waals surface area contributed by atoms with Crippen LogP contribution in [0.3, 0.4) is 0 Å². The smallest absolute Gasteiger partial charge is 0.327 e. The zero-order valence-electron chi connectivity index (χ0n) is 8.85. The summed E-state index contributed by atoms with van der Waals surface area (Å²) in [7, 11) is 0. The van der Waals surface area contributed by atoms with Crippen molar-refractivity contribution >= 4 is 11.8 Å². The van der Waals surface area contributed by atoms with Crippen LogP contribution in [-0.2, 0) is 9.59 Å². The van der Waals surface area contributed by atoms with E-state index in [0.717, 1.165) is 18.1 Å². The van der Waals surface area contributed by atoms with E-state index in [9.17, 15) is 14.7 Å². The molecule has 1 aliphatic rings. The molecule has 0 atom stereocenters. The average Bonchev–Trinajstić information content (AvgIpc) is 2.20. The lowest BCUT2D eigenvalue weighted by atomic mass is 9.99. The lowest BCUT2D eigenvalue weighted by Crippen LogP contribution is -2.02. The molecule has 4 heteroatoms. The number of ketones is 1. The molecule has 1 rings (SSSR count). The number of hydrogen-bond acceptors (Lipinski definition) is 3. The Labute approximate surface area is 93.6 Å². The predicted molar refractivity (Wildman–Crippen MR) is 59.0 cm³/mol. The molecule has 0 bridgehead atoms. The SMILES string of the molecule is O=C(O)C=CCCCC1=CCC(=O)C=C1O. The molecule has 0 aromatic rings. The molecule has 1 aliphatic carbocycles. The zero-order chi connectivity index (χ0) is 12.0. The topological polar surface area (TPSA) is 74.6 Å². The summed E-state index contributed by atoms with van der Waals surface area (Å²) >= 11 is 0. The van der Waals surface area contributed by atoms with E-state index in [4.69, 9.17) is 5.11 Å². The van der Waals surface area contributed by atoms with Gasteiger partial charge in [0.25, 0.3) is 0 Å². The van der Waals surface area contributed by atoms with Gasteiger partial charge in [0.15, 0.2) is 5.78 Å². The van der Waals surface area contributed by atoms with Gasteiger partial charge in [-0.1, -0.05) is 12.2 Å². The molecule has 0 amide bonds. The van der Waals surface area contributed by atoms with E-state index in [2.05, 4.69) is 0 Å². The number of carboxylic acids is 1. The predicted octanol–water partition coefficient (Wildman–Crippen LogP) is 2.14. The molecule has 2 N–H and O–H groups in total. The maximum absolute atomic E-state index is 10.9. The fraction of sp³-hybridized carbons (Fsp3) is 0.333. The van der Waals surface area contributed by atoms with Crippen LogP contribution in [0.25, 0.3) is 0 Å². The molecule has 16 heavy (non-hydrogen) atoms. The molecule has 4 nitrogen and oxygen atoms in total. The van der Waals surface area contributed by atoms with Gasteiger partial charge in [-0.3, -0.25) is 4.79 Å². The van der Waals surface area contributed by atoms with Crippen molar-refractivity contribution in [1.82, 2.24) is 0 Å². The van der Waals surface area contributed by atoms with E-state index >= 15 is 0 Å². The van der Waals surface area contributed by atoms with E-state index in [0.29, 0.717) is 19.3 Å². The molecule has 0 saturated carbocycles. The summed E-state index contributed by atoms with van der Waals surface area (Å²) in [4.78, 5) is 21.1. The van der Waals surface area contributed by atoms with E-state index in [1.54, 1.807) is 12.2 Å². The van der Waals surface area contributed by atoms with Gasteiger partial charge in [0.2, 0.25) is 0 Å². The first kappa shape index (κ1) is 12.2. The van der Waals surface area contributed by atoms with Gasteiger partial charge >= 0.3 is 5.97 Å². The Kier molecular flexibility index (Phi) is 4.51. The molecule has 0 spiro atoms. The Morgan fingerprint density at radius 2 is 2.25 bits per heavy atom. The van der Waals surface area contributed by atoms with Crippen molar-refractivity contribution < 1.29 is 19.8 Å². The van der Waals surface area contributed by atoms with Crippen LogP contribution in [0.2, 0.25) is 0 Å². The minimum atomic E-state index is -0.953. The Morgan fingerprint density at radius 1 is 1.50 bits per heavy atom. The molecule has 0 aromatic carbocycles. The summed E-state index contributed by atoms with van der Waals surface area (Å²) in [5, 5.41) is 17.8. The number of unbranched alkanes of at least 4 members (excludes halogenated alkanes) is 1. The largest absolute Gasteiger partial charge is 0.508 e. The minimum Gasteiger partial charge on any atom is -0.508 e. The third-order valence-electron chi connectivity index (χ3n) is 2.25. The fourth-order valence-corrected chi connectivity index (χ4v) is 1.46. The van der Waals surface area contributed by atoms with Gasteiger partial charge in [-0.25, -0.2) is 4.79 Å². The van der Waals surface area contributed by atoms with Gasteiger partial charge in [-0.05, 0) is 24.8 Å². The number of carboxylic acid groups (broad SMARTS) is 1. The Morgan fingerprint density at radius 3 is 2.88 bits per heavy atom. The molecule has 0 aliphatic heterocycles. The number of aliphatic carboxylic acids is 1. The van der Waals surface area contributed by atoms with E-state index in [-0.39, 0.29) is 11.5 Å². The van der Waals surface area contributed by atoms with Crippen molar-refractivity contribution in [3.05, 3.63) is 35.6 Å². The maximum atomic E-state index is 10.9. The quantitative estimate of drug-likeness (QED) is 0.552. The fourth-order valence-electron chi connectivity index (χ4n) is 1.46. The highest BCUT2D eigenvalue weighted by atomic mass is 16.4. The highest BCUT2D eigenvalue weighted by molar-refractivity contribution is 5.93. The van der Waals surface area contributed by atoms with Crippen LogP contribution in [0.4, 0.5) is 0 Å². The summed E-state index contributed by atoms with van der Waals surface area (Å²) in [5.41, 5.74) is 0.767. The van der Waals surface area contributed by atoms with Crippen LogP contribution in [0.15, 0.2) is 35.6 Å². The van der Waals surface area contributed by atoms with Gasteiger partial charge in [-0.15, -0.1) is 0 Å². The van der Waals surface area contributed by atoms with Crippen molar-refractivity contribution in [2.24, 2.45) is 0 Å². The molecular weight excluding hydrogens is 208 g/mol. The summed E-state index contributed by atoms with van der Waals surface area (Å²) < 4.78 is 0.